The molecule has 39 heavy (non-hydrogen) atoms. The van der Waals surface area contributed by atoms with Gasteiger partial charge in [0.25, 0.3) is 5.91 Å². The molecule has 6 rings (SSSR count). The van der Waals surface area contributed by atoms with Gasteiger partial charge < -0.3 is 10.2 Å². The Bertz CT molecular complexity index is 1600. The number of hydrogen-bond donors (Lipinski definition) is 1. The number of carbonyl (C=O) groups is 2. The second-order valence-corrected chi connectivity index (χ2v) is 11.1. The van der Waals surface area contributed by atoms with Crippen LogP contribution in [0, 0.1) is 5.92 Å². The number of hydrogen-bond acceptors (Lipinski definition) is 6. The van der Waals surface area contributed by atoms with Crippen molar-refractivity contribution in [1.29, 1.82) is 0 Å². The number of aromatic nitrogens is 3. The molecule has 0 spiro atoms. The Balaban J connectivity index is 1.12. The Hall–Kier alpha value is -4.30. The van der Waals surface area contributed by atoms with Crippen LogP contribution in [0.25, 0.3) is 16.6 Å². The zero-order valence-corrected chi connectivity index (χ0v) is 22.5. The minimum Gasteiger partial charge on any atom is -0.372 e. The predicted octanol–water partition coefficient (Wildman–Crippen LogP) is 6.40. The molecule has 0 atom stereocenters. The summed E-state index contributed by atoms with van der Waals surface area (Å²) in [4.78, 5) is 32.1. The van der Waals surface area contributed by atoms with E-state index >= 15 is 0 Å². The molecule has 0 saturated carbocycles. The van der Waals surface area contributed by atoms with E-state index in [4.69, 9.17) is 0 Å². The highest BCUT2D eigenvalue weighted by Gasteiger charge is 2.17. The van der Waals surface area contributed by atoms with Crippen LogP contribution in [0.15, 0.2) is 84.5 Å². The van der Waals surface area contributed by atoms with Gasteiger partial charge >= 0.3 is 0 Å². The number of ketones is 1. The van der Waals surface area contributed by atoms with Crippen molar-refractivity contribution < 1.29 is 9.59 Å². The summed E-state index contributed by atoms with van der Waals surface area (Å²) in [5.41, 5.74) is 4.93. The van der Waals surface area contributed by atoms with E-state index in [9.17, 15) is 9.59 Å². The predicted molar refractivity (Wildman–Crippen MR) is 156 cm³/mol. The number of rotatable bonds is 7. The molecule has 196 valence electrons. The summed E-state index contributed by atoms with van der Waals surface area (Å²) >= 11 is 1.48. The SMILES string of the molecule is CC1CCN(c2ccc(C(=O)Nc3ccc4c(cnn4-c4ccc(C(=O)Cc5nccs5)cc4)c3)cc2)CC1. The summed E-state index contributed by atoms with van der Waals surface area (Å²) in [6, 6.07) is 21.0. The van der Waals surface area contributed by atoms with E-state index in [2.05, 4.69) is 27.2 Å². The summed E-state index contributed by atoms with van der Waals surface area (Å²) in [6.07, 6.45) is 6.21. The molecule has 1 amide bonds. The third kappa shape index (κ3) is 5.47. The number of Topliss-reactive ketones (excluding diaryl/α,β-unsaturated/α-hetero) is 1. The van der Waals surface area contributed by atoms with Gasteiger partial charge in [0.05, 0.1) is 23.8 Å². The van der Waals surface area contributed by atoms with Gasteiger partial charge in [-0.2, -0.15) is 5.10 Å². The van der Waals surface area contributed by atoms with E-state index in [1.807, 2.05) is 76.8 Å². The molecule has 1 aliphatic rings. The zero-order chi connectivity index (χ0) is 26.8. The molecule has 1 fully saturated rings. The molecule has 0 bridgehead atoms. The van der Waals surface area contributed by atoms with Gasteiger partial charge in [0, 0.05) is 52.6 Å². The van der Waals surface area contributed by atoms with Crippen molar-refractivity contribution in [3.63, 3.8) is 0 Å². The van der Waals surface area contributed by atoms with Crippen molar-refractivity contribution in [3.05, 3.63) is 101 Å². The fourth-order valence-corrected chi connectivity index (χ4v) is 5.59. The van der Waals surface area contributed by atoms with Gasteiger partial charge in [-0.1, -0.05) is 6.92 Å². The summed E-state index contributed by atoms with van der Waals surface area (Å²) in [5.74, 6) is 0.683. The Morgan fingerprint density at radius 2 is 1.67 bits per heavy atom. The topological polar surface area (TPSA) is 80.1 Å². The maximum absolute atomic E-state index is 12.9. The third-order valence-electron chi connectivity index (χ3n) is 7.33. The molecular weight excluding hydrogens is 506 g/mol. The van der Waals surface area contributed by atoms with Gasteiger partial charge in [-0.05, 0) is 85.5 Å². The fourth-order valence-electron chi connectivity index (χ4n) is 4.98. The number of thiazole rings is 1. The fraction of sp³-hybridized carbons (Fsp3) is 0.226. The molecule has 7 nitrogen and oxygen atoms in total. The molecule has 5 aromatic rings. The smallest absolute Gasteiger partial charge is 0.255 e. The lowest BCUT2D eigenvalue weighted by Gasteiger charge is -2.32. The summed E-state index contributed by atoms with van der Waals surface area (Å²) in [5, 5.41) is 11.2. The number of carbonyl (C=O) groups excluding carboxylic acids is 2. The number of fused-ring (bicyclic) bond motifs is 1. The molecule has 1 aliphatic heterocycles. The van der Waals surface area contributed by atoms with E-state index in [0.29, 0.717) is 23.2 Å². The van der Waals surface area contributed by atoms with Gasteiger partial charge in [0.2, 0.25) is 0 Å². The lowest BCUT2D eigenvalue weighted by molar-refractivity contribution is 0.0991. The second-order valence-electron chi connectivity index (χ2n) is 10.1. The number of amides is 1. The first-order valence-corrected chi connectivity index (χ1v) is 14.1. The van der Waals surface area contributed by atoms with E-state index in [1.165, 1.54) is 29.9 Å². The average Bonchev–Trinajstić information content (AvgIpc) is 3.63. The standard InChI is InChI=1S/C31H29N5O2S/c1-21-12-15-35(16-13-21)26-7-4-23(5-8-26)31(38)34-25-6-11-28-24(18-25)20-33-36(28)27-9-2-22(3-10-27)29(37)19-30-32-14-17-39-30/h2-11,14,17-18,20-21H,12-13,15-16,19H2,1H3,(H,34,38). The summed E-state index contributed by atoms with van der Waals surface area (Å²) < 4.78 is 1.83. The highest BCUT2D eigenvalue weighted by molar-refractivity contribution is 7.09. The summed E-state index contributed by atoms with van der Waals surface area (Å²) in [7, 11) is 0. The van der Waals surface area contributed by atoms with Crippen molar-refractivity contribution in [1.82, 2.24) is 14.8 Å². The van der Waals surface area contributed by atoms with Crippen molar-refractivity contribution in [2.24, 2.45) is 5.92 Å². The van der Waals surface area contributed by atoms with Crippen LogP contribution < -0.4 is 10.2 Å². The van der Waals surface area contributed by atoms with E-state index in [0.717, 1.165) is 40.6 Å². The van der Waals surface area contributed by atoms with Crippen molar-refractivity contribution >= 4 is 45.3 Å². The van der Waals surface area contributed by atoms with E-state index < -0.39 is 0 Å². The highest BCUT2D eigenvalue weighted by Crippen LogP contribution is 2.25. The van der Waals surface area contributed by atoms with Crippen molar-refractivity contribution in [3.8, 4) is 5.69 Å². The van der Waals surface area contributed by atoms with Gasteiger partial charge in [0.1, 0.15) is 5.01 Å². The molecule has 0 aliphatic carbocycles. The lowest BCUT2D eigenvalue weighted by Crippen LogP contribution is -2.32. The zero-order valence-electron chi connectivity index (χ0n) is 21.7. The van der Waals surface area contributed by atoms with Gasteiger partial charge in [-0.15, -0.1) is 11.3 Å². The van der Waals surface area contributed by atoms with Crippen molar-refractivity contribution in [2.75, 3.05) is 23.3 Å². The van der Waals surface area contributed by atoms with Crippen molar-refractivity contribution in [2.45, 2.75) is 26.2 Å². The largest absolute Gasteiger partial charge is 0.372 e. The molecule has 2 aromatic heterocycles. The van der Waals surface area contributed by atoms with Gasteiger partial charge in [-0.25, -0.2) is 9.67 Å². The molecule has 0 unspecified atom stereocenters. The molecular formula is C31H29N5O2S. The Labute approximate surface area is 231 Å². The molecule has 1 N–H and O–H groups in total. The average molecular weight is 536 g/mol. The molecule has 8 heteroatoms. The van der Waals surface area contributed by atoms with Crippen LogP contribution in [-0.2, 0) is 6.42 Å². The maximum atomic E-state index is 12.9. The Morgan fingerprint density at radius 1 is 0.949 bits per heavy atom. The van der Waals surface area contributed by atoms with Gasteiger partial charge in [-0.3, -0.25) is 9.59 Å². The molecule has 3 heterocycles. The van der Waals surface area contributed by atoms with E-state index in [1.54, 1.807) is 12.4 Å². The lowest BCUT2D eigenvalue weighted by atomic mass is 9.98. The molecule has 0 radical (unpaired) electrons. The third-order valence-corrected chi connectivity index (χ3v) is 8.11. The minimum absolute atomic E-state index is 0.0398. The van der Waals surface area contributed by atoms with Crippen LogP contribution in [0.3, 0.4) is 0 Å². The number of anilines is 2. The number of piperidine rings is 1. The number of nitrogens with one attached hydrogen (secondary N) is 1. The number of nitrogens with zero attached hydrogens (tertiary/aromatic N) is 4. The summed E-state index contributed by atoms with van der Waals surface area (Å²) in [6.45, 7) is 4.44. The number of benzene rings is 3. The van der Waals surface area contributed by atoms with E-state index in [-0.39, 0.29) is 11.7 Å². The molecule has 3 aromatic carbocycles. The van der Waals surface area contributed by atoms with Crippen LogP contribution in [0.4, 0.5) is 11.4 Å². The Kier molecular flexibility index (Phi) is 6.94. The van der Waals surface area contributed by atoms with Crippen LogP contribution in [0.2, 0.25) is 0 Å². The quantitative estimate of drug-likeness (QED) is 0.244. The minimum atomic E-state index is -0.140. The normalized spacial score (nSPS) is 14.0. The second kappa shape index (κ2) is 10.8. The van der Waals surface area contributed by atoms with Gasteiger partial charge in [0.15, 0.2) is 5.78 Å². The van der Waals surface area contributed by atoms with Crippen LogP contribution in [0.5, 0.6) is 0 Å². The Morgan fingerprint density at radius 3 is 2.38 bits per heavy atom. The highest BCUT2D eigenvalue weighted by atomic mass is 32.1. The first kappa shape index (κ1) is 25.0. The van der Waals surface area contributed by atoms with Crippen LogP contribution in [-0.4, -0.2) is 39.5 Å². The van der Waals surface area contributed by atoms with Crippen LogP contribution in [0.1, 0.15) is 45.5 Å². The maximum Gasteiger partial charge on any atom is 0.255 e. The van der Waals surface area contributed by atoms with Crippen LogP contribution >= 0.6 is 11.3 Å². The monoisotopic (exact) mass is 535 g/mol. The molecule has 1 saturated heterocycles. The first-order chi connectivity index (χ1) is 19.0. The first-order valence-electron chi connectivity index (χ1n) is 13.2.